The molecule has 0 aliphatic heterocycles. The predicted octanol–water partition coefficient (Wildman–Crippen LogP) is 3.96. The summed E-state index contributed by atoms with van der Waals surface area (Å²) in [6.07, 6.45) is -0.545. The second-order valence-electron chi connectivity index (χ2n) is 5.41. The largest absolute Gasteiger partial charge is 0.497 e. The number of nitrogens with one attached hydrogen (secondary N) is 1. The summed E-state index contributed by atoms with van der Waals surface area (Å²) < 4.78 is 5.12. The molecule has 2 rings (SSSR count). The molecule has 21 heavy (non-hydrogen) atoms. The molecule has 1 atom stereocenters. The van der Waals surface area contributed by atoms with Crippen molar-refractivity contribution in [3.8, 4) is 5.75 Å². The van der Waals surface area contributed by atoms with Gasteiger partial charge in [-0.05, 0) is 35.2 Å². The lowest BCUT2D eigenvalue weighted by Crippen LogP contribution is -2.13. The molecule has 0 aliphatic rings. The number of hydrogen-bond donors (Lipinski definition) is 2. The molecule has 0 amide bonds. The monoisotopic (exact) mass is 285 g/mol. The summed E-state index contributed by atoms with van der Waals surface area (Å²) in [5, 5.41) is 13.6. The Morgan fingerprint density at radius 3 is 2.33 bits per heavy atom. The van der Waals surface area contributed by atoms with Gasteiger partial charge >= 0.3 is 0 Å². The lowest BCUT2D eigenvalue weighted by molar-refractivity contribution is 0.191. The van der Waals surface area contributed by atoms with Crippen LogP contribution in [0, 0.1) is 0 Å². The Morgan fingerprint density at radius 1 is 1.05 bits per heavy atom. The molecule has 3 nitrogen and oxygen atoms in total. The van der Waals surface area contributed by atoms with Crippen molar-refractivity contribution in [2.75, 3.05) is 19.0 Å². The topological polar surface area (TPSA) is 41.5 Å². The summed E-state index contributed by atoms with van der Waals surface area (Å²) in [4.78, 5) is 0. The molecule has 0 aromatic heterocycles. The van der Waals surface area contributed by atoms with Gasteiger partial charge in [0.1, 0.15) is 5.75 Å². The van der Waals surface area contributed by atoms with Crippen LogP contribution < -0.4 is 10.1 Å². The third-order valence-electron chi connectivity index (χ3n) is 3.57. The van der Waals surface area contributed by atoms with Gasteiger partial charge in [-0.15, -0.1) is 0 Å². The highest BCUT2D eigenvalue weighted by Crippen LogP contribution is 2.25. The van der Waals surface area contributed by atoms with Gasteiger partial charge in [-0.1, -0.05) is 44.2 Å². The van der Waals surface area contributed by atoms with E-state index in [2.05, 4.69) is 31.3 Å². The zero-order valence-electron chi connectivity index (χ0n) is 12.8. The highest BCUT2D eigenvalue weighted by molar-refractivity contribution is 5.52. The van der Waals surface area contributed by atoms with E-state index in [9.17, 15) is 5.11 Å². The number of hydrogen-bond acceptors (Lipinski definition) is 3. The molecule has 0 saturated carbocycles. The zero-order chi connectivity index (χ0) is 15.2. The molecule has 0 heterocycles. The van der Waals surface area contributed by atoms with Crippen LogP contribution in [0.2, 0.25) is 0 Å². The Labute approximate surface area is 126 Å². The molecule has 0 aliphatic carbocycles. The van der Waals surface area contributed by atoms with Crippen molar-refractivity contribution in [3.63, 3.8) is 0 Å². The molecule has 1 unspecified atom stereocenters. The standard InChI is InChI=1S/C18H23NO2/c1-13(2)16-6-4-5-7-17(16)19-12-18(20)14-8-10-15(21-3)11-9-14/h4-11,13,18-20H,12H2,1-3H3. The smallest absolute Gasteiger partial charge is 0.118 e. The second-order valence-corrected chi connectivity index (χ2v) is 5.41. The van der Waals surface area contributed by atoms with E-state index in [0.29, 0.717) is 12.5 Å². The maximum atomic E-state index is 10.3. The van der Waals surface area contributed by atoms with Crippen LogP contribution in [0.3, 0.4) is 0 Å². The molecule has 0 spiro atoms. The third-order valence-corrected chi connectivity index (χ3v) is 3.57. The minimum atomic E-state index is -0.545. The van der Waals surface area contributed by atoms with Crippen molar-refractivity contribution in [2.24, 2.45) is 0 Å². The molecule has 112 valence electrons. The van der Waals surface area contributed by atoms with E-state index in [-0.39, 0.29) is 0 Å². The Hall–Kier alpha value is -2.00. The molecule has 0 saturated heterocycles. The van der Waals surface area contributed by atoms with Gasteiger partial charge in [0.2, 0.25) is 0 Å². The normalized spacial score (nSPS) is 12.2. The number of para-hydroxylation sites is 1. The Balaban J connectivity index is 2.02. The first-order valence-electron chi connectivity index (χ1n) is 7.26. The maximum Gasteiger partial charge on any atom is 0.118 e. The molecule has 2 aromatic rings. The van der Waals surface area contributed by atoms with E-state index in [1.165, 1.54) is 5.56 Å². The fourth-order valence-electron chi connectivity index (χ4n) is 2.31. The lowest BCUT2D eigenvalue weighted by atomic mass is 10.0. The average molecular weight is 285 g/mol. The maximum absolute atomic E-state index is 10.3. The average Bonchev–Trinajstić information content (AvgIpc) is 2.52. The summed E-state index contributed by atoms with van der Waals surface area (Å²) >= 11 is 0. The van der Waals surface area contributed by atoms with E-state index in [1.807, 2.05) is 36.4 Å². The van der Waals surface area contributed by atoms with Gasteiger partial charge in [0, 0.05) is 12.2 Å². The first-order valence-corrected chi connectivity index (χ1v) is 7.26. The van der Waals surface area contributed by atoms with E-state index < -0.39 is 6.10 Å². The van der Waals surface area contributed by atoms with Crippen LogP contribution in [0.15, 0.2) is 48.5 Å². The first kappa shape index (κ1) is 15.4. The van der Waals surface area contributed by atoms with E-state index in [1.54, 1.807) is 7.11 Å². The first-order chi connectivity index (χ1) is 10.1. The van der Waals surface area contributed by atoms with E-state index >= 15 is 0 Å². The summed E-state index contributed by atoms with van der Waals surface area (Å²) in [6, 6.07) is 15.7. The summed E-state index contributed by atoms with van der Waals surface area (Å²) in [6.45, 7) is 4.82. The molecule has 3 heteroatoms. The van der Waals surface area contributed by atoms with Crippen LogP contribution in [0.5, 0.6) is 5.75 Å². The molecule has 0 radical (unpaired) electrons. The highest BCUT2D eigenvalue weighted by Gasteiger charge is 2.10. The number of ether oxygens (including phenoxy) is 1. The zero-order valence-corrected chi connectivity index (χ0v) is 12.8. The molecule has 0 fully saturated rings. The predicted molar refractivity (Wildman–Crippen MR) is 87.0 cm³/mol. The van der Waals surface area contributed by atoms with Gasteiger partial charge in [0.05, 0.1) is 13.2 Å². The number of rotatable bonds is 6. The molecule has 2 aromatic carbocycles. The SMILES string of the molecule is COc1ccc(C(O)CNc2ccccc2C(C)C)cc1. The minimum absolute atomic E-state index is 0.451. The third kappa shape index (κ3) is 3.99. The number of benzene rings is 2. The van der Waals surface area contributed by atoms with Gasteiger partial charge in [-0.3, -0.25) is 0 Å². The van der Waals surface area contributed by atoms with Crippen molar-refractivity contribution < 1.29 is 9.84 Å². The van der Waals surface area contributed by atoms with Crippen LogP contribution in [0.1, 0.15) is 37.0 Å². The van der Waals surface area contributed by atoms with Gasteiger partial charge < -0.3 is 15.2 Å². The molecule has 2 N–H and O–H groups in total. The number of aliphatic hydroxyl groups excluding tert-OH is 1. The van der Waals surface area contributed by atoms with Gasteiger partial charge in [-0.2, -0.15) is 0 Å². The summed E-state index contributed by atoms with van der Waals surface area (Å²) in [5.41, 5.74) is 3.23. The van der Waals surface area contributed by atoms with Crippen LogP contribution in [-0.4, -0.2) is 18.8 Å². The fraction of sp³-hybridized carbons (Fsp3) is 0.333. The Bertz CT molecular complexity index is 564. The number of methoxy groups -OCH3 is 1. The van der Waals surface area contributed by atoms with Crippen molar-refractivity contribution in [2.45, 2.75) is 25.9 Å². The number of aliphatic hydroxyl groups is 1. The second kappa shape index (κ2) is 7.14. The van der Waals surface area contributed by atoms with Crippen LogP contribution in [0.25, 0.3) is 0 Å². The van der Waals surface area contributed by atoms with E-state index in [4.69, 9.17) is 4.74 Å². The Morgan fingerprint density at radius 2 is 1.71 bits per heavy atom. The van der Waals surface area contributed by atoms with Gasteiger partial charge in [-0.25, -0.2) is 0 Å². The highest BCUT2D eigenvalue weighted by atomic mass is 16.5. The summed E-state index contributed by atoms with van der Waals surface area (Å²) in [7, 11) is 1.63. The van der Waals surface area contributed by atoms with Crippen LogP contribution in [-0.2, 0) is 0 Å². The van der Waals surface area contributed by atoms with Crippen molar-refractivity contribution in [1.29, 1.82) is 0 Å². The molecular weight excluding hydrogens is 262 g/mol. The van der Waals surface area contributed by atoms with Crippen molar-refractivity contribution in [3.05, 3.63) is 59.7 Å². The van der Waals surface area contributed by atoms with Crippen molar-refractivity contribution in [1.82, 2.24) is 0 Å². The van der Waals surface area contributed by atoms with Gasteiger partial charge in [0.15, 0.2) is 0 Å². The fourth-order valence-corrected chi connectivity index (χ4v) is 2.31. The molecule has 0 bridgehead atoms. The van der Waals surface area contributed by atoms with E-state index in [0.717, 1.165) is 17.0 Å². The van der Waals surface area contributed by atoms with Crippen LogP contribution >= 0.6 is 0 Å². The van der Waals surface area contributed by atoms with Gasteiger partial charge in [0.25, 0.3) is 0 Å². The quantitative estimate of drug-likeness (QED) is 0.844. The molecular formula is C18H23NO2. The summed E-state index contributed by atoms with van der Waals surface area (Å²) in [5.74, 6) is 1.25. The van der Waals surface area contributed by atoms with Crippen LogP contribution in [0.4, 0.5) is 5.69 Å². The van der Waals surface area contributed by atoms with Crippen molar-refractivity contribution >= 4 is 5.69 Å². The number of anilines is 1. The Kier molecular flexibility index (Phi) is 5.23. The lowest BCUT2D eigenvalue weighted by Gasteiger charge is -2.17. The minimum Gasteiger partial charge on any atom is -0.497 e.